The van der Waals surface area contributed by atoms with E-state index in [1.165, 1.54) is 12.1 Å². The van der Waals surface area contributed by atoms with Crippen molar-refractivity contribution in [1.29, 1.82) is 0 Å². The van der Waals surface area contributed by atoms with Crippen molar-refractivity contribution >= 4 is 5.91 Å². The first kappa shape index (κ1) is 16.4. The van der Waals surface area contributed by atoms with Gasteiger partial charge in [-0.3, -0.25) is 4.79 Å². The Kier molecular flexibility index (Phi) is 5.28. The summed E-state index contributed by atoms with van der Waals surface area (Å²) < 4.78 is 18.5. The number of aliphatic hydroxyl groups excluding tert-OH is 1. The Morgan fingerprint density at radius 3 is 2.57 bits per heavy atom. The number of likely N-dealkylation sites (tertiary alicyclic amines) is 1. The molecule has 1 aromatic rings. The van der Waals surface area contributed by atoms with E-state index in [1.807, 2.05) is 4.90 Å². The average molecular weight is 321 g/mol. The summed E-state index contributed by atoms with van der Waals surface area (Å²) in [6.07, 6.45) is 3.54. The molecule has 2 heterocycles. The predicted molar refractivity (Wildman–Crippen MR) is 84.3 cm³/mol. The van der Waals surface area contributed by atoms with E-state index in [-0.39, 0.29) is 23.7 Å². The minimum Gasteiger partial charge on any atom is -0.388 e. The molecule has 23 heavy (non-hydrogen) atoms. The second-order valence-electron chi connectivity index (χ2n) is 6.55. The number of nitrogens with zero attached hydrogens (tertiary/aromatic N) is 1. The van der Waals surface area contributed by atoms with Crippen molar-refractivity contribution in [2.45, 2.75) is 44.3 Å². The number of amides is 1. The summed E-state index contributed by atoms with van der Waals surface area (Å²) in [6.45, 7) is 2.12. The summed E-state index contributed by atoms with van der Waals surface area (Å²) in [4.78, 5) is 14.2. The Labute approximate surface area is 136 Å². The fraction of sp³-hybridized carbons (Fsp3) is 0.611. The standard InChI is InChI=1S/C18H24FNO3/c19-15-5-3-13(4-6-15)18(22)14-7-9-20(10-8-14)17(21)12-16-2-1-11-23-16/h3-6,14,16,18,22H,1-2,7-12H2. The van der Waals surface area contributed by atoms with E-state index in [4.69, 9.17) is 4.74 Å². The van der Waals surface area contributed by atoms with Crippen LogP contribution in [0.4, 0.5) is 4.39 Å². The maximum atomic E-state index is 13.0. The molecule has 2 aliphatic heterocycles. The summed E-state index contributed by atoms with van der Waals surface area (Å²) in [6, 6.07) is 6.02. The van der Waals surface area contributed by atoms with E-state index < -0.39 is 6.10 Å². The van der Waals surface area contributed by atoms with Crippen molar-refractivity contribution in [3.8, 4) is 0 Å². The fourth-order valence-electron chi connectivity index (χ4n) is 3.53. The SMILES string of the molecule is O=C(CC1CCCO1)N1CCC(C(O)c2ccc(F)cc2)CC1. The van der Waals surface area contributed by atoms with Crippen LogP contribution in [0, 0.1) is 11.7 Å². The minimum atomic E-state index is -0.592. The van der Waals surface area contributed by atoms with Crippen LogP contribution in [0.5, 0.6) is 0 Å². The molecule has 126 valence electrons. The highest BCUT2D eigenvalue weighted by molar-refractivity contribution is 5.76. The van der Waals surface area contributed by atoms with Gasteiger partial charge in [0.2, 0.25) is 5.91 Å². The van der Waals surface area contributed by atoms with Crippen LogP contribution in [-0.2, 0) is 9.53 Å². The van der Waals surface area contributed by atoms with Crippen LogP contribution in [0.25, 0.3) is 0 Å². The van der Waals surface area contributed by atoms with E-state index in [2.05, 4.69) is 0 Å². The van der Waals surface area contributed by atoms with Crippen molar-refractivity contribution in [1.82, 2.24) is 4.90 Å². The van der Waals surface area contributed by atoms with Crippen molar-refractivity contribution in [2.24, 2.45) is 5.92 Å². The van der Waals surface area contributed by atoms with Gasteiger partial charge in [-0.15, -0.1) is 0 Å². The van der Waals surface area contributed by atoms with Gasteiger partial charge in [-0.25, -0.2) is 4.39 Å². The van der Waals surface area contributed by atoms with Gasteiger partial charge in [0.25, 0.3) is 0 Å². The molecule has 1 amide bonds. The van der Waals surface area contributed by atoms with E-state index in [9.17, 15) is 14.3 Å². The summed E-state index contributed by atoms with van der Waals surface area (Å²) >= 11 is 0. The van der Waals surface area contributed by atoms with Crippen LogP contribution in [0.15, 0.2) is 24.3 Å². The van der Waals surface area contributed by atoms with Gasteiger partial charge >= 0.3 is 0 Å². The Morgan fingerprint density at radius 1 is 1.26 bits per heavy atom. The van der Waals surface area contributed by atoms with Gasteiger partial charge in [-0.05, 0) is 49.3 Å². The molecule has 5 heteroatoms. The first-order valence-corrected chi connectivity index (χ1v) is 8.46. The molecule has 1 aromatic carbocycles. The second-order valence-corrected chi connectivity index (χ2v) is 6.55. The third kappa shape index (κ3) is 4.09. The van der Waals surface area contributed by atoms with Gasteiger partial charge in [0.15, 0.2) is 0 Å². The monoisotopic (exact) mass is 321 g/mol. The molecular weight excluding hydrogens is 297 g/mol. The van der Waals surface area contributed by atoms with Gasteiger partial charge < -0.3 is 14.7 Å². The normalized spacial score (nSPS) is 23.9. The molecule has 4 nitrogen and oxygen atoms in total. The molecule has 0 saturated carbocycles. The molecule has 0 aliphatic carbocycles. The van der Waals surface area contributed by atoms with Crippen molar-refractivity contribution in [2.75, 3.05) is 19.7 Å². The molecule has 2 unspecified atom stereocenters. The lowest BCUT2D eigenvalue weighted by Gasteiger charge is -2.34. The molecule has 0 bridgehead atoms. The molecule has 2 atom stereocenters. The molecule has 1 N–H and O–H groups in total. The number of carbonyl (C=O) groups excluding carboxylic acids is 1. The topological polar surface area (TPSA) is 49.8 Å². The molecule has 3 rings (SSSR count). The third-order valence-electron chi connectivity index (χ3n) is 4.98. The number of rotatable bonds is 4. The van der Waals surface area contributed by atoms with Crippen LogP contribution in [0.1, 0.15) is 43.8 Å². The lowest BCUT2D eigenvalue weighted by atomic mass is 9.87. The molecule has 2 saturated heterocycles. The number of ether oxygens (including phenoxy) is 1. The van der Waals surface area contributed by atoms with Crippen molar-refractivity contribution in [3.05, 3.63) is 35.6 Å². The zero-order chi connectivity index (χ0) is 16.2. The number of hydrogen-bond donors (Lipinski definition) is 1. The van der Waals surface area contributed by atoms with Gasteiger partial charge in [0, 0.05) is 19.7 Å². The highest BCUT2D eigenvalue weighted by atomic mass is 19.1. The van der Waals surface area contributed by atoms with Crippen LogP contribution in [0.2, 0.25) is 0 Å². The summed E-state index contributed by atoms with van der Waals surface area (Å²) in [7, 11) is 0. The van der Waals surface area contributed by atoms with E-state index in [1.54, 1.807) is 12.1 Å². The van der Waals surface area contributed by atoms with Crippen LogP contribution in [0.3, 0.4) is 0 Å². The molecule has 2 aliphatic rings. The average Bonchev–Trinajstić information content (AvgIpc) is 3.08. The van der Waals surface area contributed by atoms with Gasteiger partial charge in [0.1, 0.15) is 5.82 Å². The molecule has 0 spiro atoms. The maximum Gasteiger partial charge on any atom is 0.225 e. The number of aliphatic hydroxyl groups is 1. The predicted octanol–water partition coefficient (Wildman–Crippen LogP) is 2.67. The van der Waals surface area contributed by atoms with E-state index >= 15 is 0 Å². The first-order chi connectivity index (χ1) is 11.1. The number of halogens is 1. The minimum absolute atomic E-state index is 0.0880. The maximum absolute atomic E-state index is 13.0. The van der Waals surface area contributed by atoms with Crippen molar-refractivity contribution in [3.63, 3.8) is 0 Å². The second kappa shape index (κ2) is 7.41. The summed E-state index contributed by atoms with van der Waals surface area (Å²) in [5.41, 5.74) is 0.746. The Bertz CT molecular complexity index is 520. The number of benzene rings is 1. The summed E-state index contributed by atoms with van der Waals surface area (Å²) in [5, 5.41) is 10.4. The lowest BCUT2D eigenvalue weighted by molar-refractivity contribution is -0.135. The molecular formula is C18H24FNO3. The van der Waals surface area contributed by atoms with Crippen molar-refractivity contribution < 1.29 is 19.0 Å². The largest absolute Gasteiger partial charge is 0.388 e. The summed E-state index contributed by atoms with van der Waals surface area (Å²) in [5.74, 6) is -0.0191. The highest BCUT2D eigenvalue weighted by Crippen LogP contribution is 2.31. The lowest BCUT2D eigenvalue weighted by Crippen LogP contribution is -2.40. The van der Waals surface area contributed by atoms with E-state index in [0.29, 0.717) is 19.5 Å². The fourth-order valence-corrected chi connectivity index (χ4v) is 3.53. The Hall–Kier alpha value is -1.46. The number of carbonyl (C=O) groups is 1. The van der Waals surface area contributed by atoms with Crippen LogP contribution < -0.4 is 0 Å². The zero-order valence-corrected chi connectivity index (χ0v) is 13.3. The molecule has 0 aromatic heterocycles. The highest BCUT2D eigenvalue weighted by Gasteiger charge is 2.29. The number of hydrogen-bond acceptors (Lipinski definition) is 3. The van der Waals surface area contributed by atoms with Gasteiger partial charge in [-0.2, -0.15) is 0 Å². The zero-order valence-electron chi connectivity index (χ0n) is 13.3. The Balaban J connectivity index is 1.49. The first-order valence-electron chi connectivity index (χ1n) is 8.46. The Morgan fingerprint density at radius 2 is 1.96 bits per heavy atom. The smallest absolute Gasteiger partial charge is 0.225 e. The van der Waals surface area contributed by atoms with Crippen LogP contribution >= 0.6 is 0 Å². The number of piperidine rings is 1. The van der Waals surface area contributed by atoms with Crippen LogP contribution in [-0.4, -0.2) is 41.7 Å². The quantitative estimate of drug-likeness (QED) is 0.927. The molecule has 0 radical (unpaired) electrons. The third-order valence-corrected chi connectivity index (χ3v) is 4.98. The van der Waals surface area contributed by atoms with Gasteiger partial charge in [-0.1, -0.05) is 12.1 Å². The van der Waals surface area contributed by atoms with E-state index in [0.717, 1.165) is 37.9 Å². The van der Waals surface area contributed by atoms with Gasteiger partial charge in [0.05, 0.1) is 18.6 Å². The molecule has 2 fully saturated rings.